The van der Waals surface area contributed by atoms with Gasteiger partial charge in [-0.15, -0.1) is 0 Å². The van der Waals surface area contributed by atoms with Crippen LogP contribution in [0.2, 0.25) is 0 Å². The highest BCUT2D eigenvalue weighted by Crippen LogP contribution is 2.16. The SMILES string of the molecule is C1=NC2=NC=NC2C(N2CCCC2)=N1. The van der Waals surface area contributed by atoms with Crippen LogP contribution in [0.4, 0.5) is 0 Å². The van der Waals surface area contributed by atoms with Crippen LogP contribution in [0.5, 0.6) is 0 Å². The smallest absolute Gasteiger partial charge is 0.169 e. The van der Waals surface area contributed by atoms with Gasteiger partial charge in [0.05, 0.1) is 0 Å². The summed E-state index contributed by atoms with van der Waals surface area (Å²) < 4.78 is 0. The normalized spacial score (nSPS) is 29.1. The van der Waals surface area contributed by atoms with E-state index in [2.05, 4.69) is 24.9 Å². The van der Waals surface area contributed by atoms with E-state index in [9.17, 15) is 0 Å². The molecular weight excluding hydrogens is 178 g/mol. The molecule has 5 heteroatoms. The molecule has 1 atom stereocenters. The lowest BCUT2D eigenvalue weighted by atomic mass is 10.2. The van der Waals surface area contributed by atoms with Gasteiger partial charge in [0.25, 0.3) is 0 Å². The fourth-order valence-electron chi connectivity index (χ4n) is 2.00. The van der Waals surface area contributed by atoms with E-state index in [-0.39, 0.29) is 6.04 Å². The summed E-state index contributed by atoms with van der Waals surface area (Å²) in [5.74, 6) is 1.80. The summed E-state index contributed by atoms with van der Waals surface area (Å²) in [6.07, 6.45) is 5.66. The van der Waals surface area contributed by atoms with Crippen molar-refractivity contribution >= 4 is 24.3 Å². The molecule has 0 radical (unpaired) electrons. The Labute approximate surface area is 82.0 Å². The number of fused-ring (bicyclic) bond motifs is 1. The molecule has 14 heavy (non-hydrogen) atoms. The Hall–Kier alpha value is -1.52. The number of hydrogen-bond donors (Lipinski definition) is 0. The van der Waals surface area contributed by atoms with E-state index in [4.69, 9.17) is 0 Å². The molecule has 3 rings (SSSR count). The maximum Gasteiger partial charge on any atom is 0.169 e. The molecule has 5 nitrogen and oxygen atoms in total. The van der Waals surface area contributed by atoms with Crippen LogP contribution >= 0.6 is 0 Å². The van der Waals surface area contributed by atoms with Crippen molar-refractivity contribution in [3.63, 3.8) is 0 Å². The monoisotopic (exact) mass is 189 g/mol. The van der Waals surface area contributed by atoms with Gasteiger partial charge in [0.2, 0.25) is 0 Å². The molecule has 3 heterocycles. The van der Waals surface area contributed by atoms with Crippen LogP contribution in [0.25, 0.3) is 0 Å². The van der Waals surface area contributed by atoms with E-state index >= 15 is 0 Å². The third kappa shape index (κ3) is 1.08. The summed E-state index contributed by atoms with van der Waals surface area (Å²) >= 11 is 0. The molecule has 0 aromatic rings. The molecule has 0 N–H and O–H groups in total. The van der Waals surface area contributed by atoms with E-state index in [0.717, 1.165) is 24.8 Å². The van der Waals surface area contributed by atoms with Crippen LogP contribution < -0.4 is 0 Å². The molecule has 1 fully saturated rings. The van der Waals surface area contributed by atoms with Crippen molar-refractivity contribution < 1.29 is 0 Å². The van der Waals surface area contributed by atoms with Crippen molar-refractivity contribution in [3.8, 4) is 0 Å². The van der Waals surface area contributed by atoms with Crippen LogP contribution in [0.3, 0.4) is 0 Å². The van der Waals surface area contributed by atoms with Crippen molar-refractivity contribution in [2.45, 2.75) is 18.9 Å². The van der Waals surface area contributed by atoms with Gasteiger partial charge in [0.1, 0.15) is 18.5 Å². The summed E-state index contributed by atoms with van der Waals surface area (Å²) in [6, 6.07) is -0.0295. The Morgan fingerprint density at radius 2 is 2.00 bits per heavy atom. The lowest BCUT2D eigenvalue weighted by Gasteiger charge is -2.24. The van der Waals surface area contributed by atoms with Gasteiger partial charge in [0.15, 0.2) is 11.9 Å². The van der Waals surface area contributed by atoms with Gasteiger partial charge in [0, 0.05) is 13.1 Å². The van der Waals surface area contributed by atoms with E-state index in [1.165, 1.54) is 12.8 Å². The quantitative estimate of drug-likeness (QED) is 0.542. The first-order valence-corrected chi connectivity index (χ1v) is 4.90. The Morgan fingerprint density at radius 1 is 1.14 bits per heavy atom. The van der Waals surface area contributed by atoms with Crippen LogP contribution in [0, 0.1) is 0 Å². The van der Waals surface area contributed by atoms with Gasteiger partial charge in [-0.2, -0.15) is 0 Å². The first kappa shape index (κ1) is 7.84. The zero-order chi connectivity index (χ0) is 9.38. The van der Waals surface area contributed by atoms with E-state index in [1.807, 2.05) is 0 Å². The minimum Gasteiger partial charge on any atom is -0.358 e. The maximum absolute atomic E-state index is 4.31. The Kier molecular flexibility index (Phi) is 1.68. The maximum atomic E-state index is 4.31. The molecule has 3 aliphatic rings. The largest absolute Gasteiger partial charge is 0.358 e. The summed E-state index contributed by atoms with van der Waals surface area (Å²) in [5, 5.41) is 0. The summed E-state index contributed by atoms with van der Waals surface area (Å²) in [7, 11) is 0. The minimum absolute atomic E-state index is 0.0295. The molecule has 1 saturated heterocycles. The van der Waals surface area contributed by atoms with Crippen molar-refractivity contribution in [2.75, 3.05) is 13.1 Å². The number of hydrogen-bond acceptors (Lipinski definition) is 5. The second-order valence-electron chi connectivity index (χ2n) is 3.58. The van der Waals surface area contributed by atoms with Gasteiger partial charge >= 0.3 is 0 Å². The van der Waals surface area contributed by atoms with Crippen molar-refractivity contribution in [2.24, 2.45) is 20.0 Å². The molecule has 72 valence electrons. The molecule has 0 aromatic heterocycles. The number of aliphatic imine (C=N–C) groups is 4. The third-order valence-corrected chi connectivity index (χ3v) is 2.70. The second kappa shape index (κ2) is 3.01. The molecule has 0 aliphatic carbocycles. The predicted octanol–water partition coefficient (Wildman–Crippen LogP) is 0.332. The minimum atomic E-state index is -0.0295. The molecule has 0 amide bonds. The molecule has 0 saturated carbocycles. The molecule has 1 unspecified atom stereocenters. The van der Waals surface area contributed by atoms with Crippen molar-refractivity contribution in [3.05, 3.63) is 0 Å². The second-order valence-corrected chi connectivity index (χ2v) is 3.58. The van der Waals surface area contributed by atoms with Gasteiger partial charge in [-0.05, 0) is 12.8 Å². The topological polar surface area (TPSA) is 52.7 Å². The van der Waals surface area contributed by atoms with Crippen LogP contribution in [0.15, 0.2) is 20.0 Å². The average molecular weight is 189 g/mol. The summed E-state index contributed by atoms with van der Waals surface area (Å²) in [6.45, 7) is 2.18. The Morgan fingerprint density at radius 3 is 2.86 bits per heavy atom. The molecule has 0 aromatic carbocycles. The highest BCUT2D eigenvalue weighted by atomic mass is 15.3. The predicted molar refractivity (Wildman–Crippen MR) is 56.4 cm³/mol. The zero-order valence-electron chi connectivity index (χ0n) is 7.80. The number of amidine groups is 2. The fraction of sp³-hybridized carbons (Fsp3) is 0.556. The van der Waals surface area contributed by atoms with Gasteiger partial charge in [-0.25, -0.2) is 15.0 Å². The molecule has 0 bridgehead atoms. The van der Waals surface area contributed by atoms with Gasteiger partial charge in [-0.1, -0.05) is 0 Å². The van der Waals surface area contributed by atoms with Gasteiger partial charge < -0.3 is 4.90 Å². The number of nitrogens with zero attached hydrogens (tertiary/aromatic N) is 5. The Bertz CT molecular complexity index is 359. The average Bonchev–Trinajstić information content (AvgIpc) is 2.88. The number of rotatable bonds is 0. The van der Waals surface area contributed by atoms with Crippen LogP contribution in [0.1, 0.15) is 12.8 Å². The lowest BCUT2D eigenvalue weighted by molar-refractivity contribution is 0.507. The lowest BCUT2D eigenvalue weighted by Crippen LogP contribution is -2.41. The molecular formula is C9H11N5. The van der Waals surface area contributed by atoms with E-state index < -0.39 is 0 Å². The van der Waals surface area contributed by atoms with E-state index in [1.54, 1.807) is 12.7 Å². The van der Waals surface area contributed by atoms with Gasteiger partial charge in [-0.3, -0.25) is 4.99 Å². The zero-order valence-corrected chi connectivity index (χ0v) is 7.80. The van der Waals surface area contributed by atoms with Crippen molar-refractivity contribution in [1.82, 2.24) is 4.90 Å². The highest BCUT2D eigenvalue weighted by molar-refractivity contribution is 6.19. The third-order valence-electron chi connectivity index (χ3n) is 2.70. The highest BCUT2D eigenvalue weighted by Gasteiger charge is 2.31. The number of likely N-dealkylation sites (tertiary alicyclic amines) is 1. The molecule has 0 spiro atoms. The fourth-order valence-corrected chi connectivity index (χ4v) is 2.00. The summed E-state index contributed by atoms with van der Waals surface area (Å²) in [5.41, 5.74) is 0. The first-order valence-electron chi connectivity index (χ1n) is 4.90. The summed E-state index contributed by atoms with van der Waals surface area (Å²) in [4.78, 5) is 19.1. The van der Waals surface area contributed by atoms with Crippen LogP contribution in [-0.4, -0.2) is 48.4 Å². The standard InChI is InChI=1S/C9H11N5/c1-2-4-14(3-1)9-7-8(11-5-10-7)12-6-13-9/h5-7H,1-4H2. The van der Waals surface area contributed by atoms with Crippen LogP contribution in [-0.2, 0) is 0 Å². The Balaban J connectivity index is 1.91. The van der Waals surface area contributed by atoms with Crippen molar-refractivity contribution in [1.29, 1.82) is 0 Å². The molecule has 3 aliphatic heterocycles. The van der Waals surface area contributed by atoms with E-state index in [0.29, 0.717) is 0 Å². The first-order chi connectivity index (χ1) is 6.95.